The molecule has 0 saturated heterocycles. The van der Waals surface area contributed by atoms with Crippen molar-refractivity contribution in [2.45, 2.75) is 33.6 Å². The minimum atomic E-state index is -3.17. The number of sulfonamides is 1. The fourth-order valence-electron chi connectivity index (χ4n) is 1.29. The van der Waals surface area contributed by atoms with Gasteiger partial charge >= 0.3 is 0 Å². The molecule has 6 heteroatoms. The van der Waals surface area contributed by atoms with Crippen LogP contribution in [0.1, 0.15) is 33.6 Å². The van der Waals surface area contributed by atoms with Crippen molar-refractivity contribution in [3.05, 3.63) is 0 Å². The third-order valence-corrected chi connectivity index (χ3v) is 3.72. The van der Waals surface area contributed by atoms with Crippen LogP contribution in [0, 0.1) is 5.92 Å². The van der Waals surface area contributed by atoms with Gasteiger partial charge < -0.3 is 5.32 Å². The van der Waals surface area contributed by atoms with Gasteiger partial charge in [-0.15, -0.1) is 0 Å². The Bertz CT molecular complexity index is 326. The Hall–Kier alpha value is -0.620. The number of hydrogen-bond acceptors (Lipinski definition) is 3. The lowest BCUT2D eigenvalue weighted by Gasteiger charge is -2.20. The Kier molecular flexibility index (Phi) is 7.38. The van der Waals surface area contributed by atoms with Crippen molar-refractivity contribution in [2.75, 3.05) is 25.9 Å². The van der Waals surface area contributed by atoms with Crippen LogP contribution in [0.4, 0.5) is 0 Å². The van der Waals surface area contributed by atoms with Crippen LogP contribution in [-0.2, 0) is 14.8 Å². The van der Waals surface area contributed by atoms with E-state index in [1.165, 1.54) is 10.6 Å². The van der Waals surface area contributed by atoms with Gasteiger partial charge in [0.15, 0.2) is 0 Å². The maximum Gasteiger partial charge on any atom is 0.222 e. The molecule has 0 spiro atoms. The molecular weight excluding hydrogens is 240 g/mol. The van der Waals surface area contributed by atoms with Crippen LogP contribution in [0.25, 0.3) is 0 Å². The zero-order valence-electron chi connectivity index (χ0n) is 11.2. The molecule has 0 rings (SSSR count). The number of unbranched alkanes of at least 4 members (excludes halogenated alkanes) is 1. The van der Waals surface area contributed by atoms with Crippen molar-refractivity contribution in [1.29, 1.82) is 0 Å². The highest BCUT2D eigenvalue weighted by Gasteiger charge is 2.16. The number of nitrogens with zero attached hydrogens (tertiary/aromatic N) is 1. The molecule has 5 nitrogen and oxygen atoms in total. The third kappa shape index (κ3) is 7.33. The zero-order valence-corrected chi connectivity index (χ0v) is 12.0. The van der Waals surface area contributed by atoms with E-state index in [1.54, 1.807) is 13.8 Å². The molecule has 0 aliphatic carbocycles. The smallest absolute Gasteiger partial charge is 0.222 e. The average Bonchev–Trinajstić information content (AvgIpc) is 2.20. The second kappa shape index (κ2) is 7.66. The summed E-state index contributed by atoms with van der Waals surface area (Å²) in [6, 6.07) is 0. The summed E-state index contributed by atoms with van der Waals surface area (Å²) in [5, 5.41) is 2.72. The van der Waals surface area contributed by atoms with Crippen LogP contribution in [0.2, 0.25) is 0 Å². The first-order chi connectivity index (χ1) is 7.79. The second-order valence-electron chi connectivity index (χ2n) is 4.46. The fourth-order valence-corrected chi connectivity index (χ4v) is 2.17. The van der Waals surface area contributed by atoms with E-state index >= 15 is 0 Å². The number of carbonyl (C=O) groups is 1. The molecular formula is C11H24N2O3S. The molecule has 0 heterocycles. The molecule has 0 aromatic rings. The van der Waals surface area contributed by atoms with Crippen molar-refractivity contribution in [1.82, 2.24) is 9.62 Å². The van der Waals surface area contributed by atoms with Gasteiger partial charge in [-0.3, -0.25) is 4.79 Å². The predicted octanol–water partition coefficient (Wildman–Crippen LogP) is 0.820. The normalized spacial score (nSPS) is 12.1. The SMILES string of the molecule is CCCCN(CCNC(=O)C(C)C)S(C)(=O)=O. The number of hydrogen-bond donors (Lipinski definition) is 1. The van der Waals surface area contributed by atoms with E-state index < -0.39 is 10.0 Å². The standard InChI is InChI=1S/C11H24N2O3S/c1-5-6-8-13(17(4,15)16)9-7-12-11(14)10(2)3/h10H,5-9H2,1-4H3,(H,12,14). The maximum atomic E-state index is 11.5. The largest absolute Gasteiger partial charge is 0.355 e. The quantitative estimate of drug-likeness (QED) is 0.706. The van der Waals surface area contributed by atoms with Gasteiger partial charge in [0.05, 0.1) is 6.26 Å². The summed E-state index contributed by atoms with van der Waals surface area (Å²) in [5.74, 6) is -0.119. The first kappa shape index (κ1) is 16.4. The predicted molar refractivity (Wildman–Crippen MR) is 69.2 cm³/mol. The van der Waals surface area contributed by atoms with Crippen LogP contribution >= 0.6 is 0 Å². The van der Waals surface area contributed by atoms with Crippen LogP contribution in [0.15, 0.2) is 0 Å². The molecule has 0 aromatic heterocycles. The van der Waals surface area contributed by atoms with Crippen LogP contribution < -0.4 is 5.32 Å². The number of rotatable bonds is 8. The highest BCUT2D eigenvalue weighted by atomic mass is 32.2. The van der Waals surface area contributed by atoms with Gasteiger partial charge in [0, 0.05) is 25.6 Å². The Labute approximate surface area is 105 Å². The minimum absolute atomic E-state index is 0.0473. The van der Waals surface area contributed by atoms with Crippen LogP contribution in [-0.4, -0.2) is 44.5 Å². The highest BCUT2D eigenvalue weighted by molar-refractivity contribution is 7.88. The van der Waals surface area contributed by atoms with Crippen LogP contribution in [0.5, 0.6) is 0 Å². The average molecular weight is 264 g/mol. The molecule has 0 aromatic carbocycles. The summed E-state index contributed by atoms with van der Waals surface area (Å²) in [6.07, 6.45) is 2.99. The zero-order chi connectivity index (χ0) is 13.5. The van der Waals surface area contributed by atoms with Gasteiger partial charge in [0.2, 0.25) is 15.9 Å². The van der Waals surface area contributed by atoms with Crippen molar-refractivity contribution >= 4 is 15.9 Å². The Balaban J connectivity index is 4.14. The van der Waals surface area contributed by atoms with Crippen LogP contribution in [0.3, 0.4) is 0 Å². The molecule has 0 bridgehead atoms. The third-order valence-electron chi connectivity index (χ3n) is 2.41. The van der Waals surface area contributed by atoms with Crippen molar-refractivity contribution < 1.29 is 13.2 Å². The first-order valence-corrected chi connectivity index (χ1v) is 7.86. The van der Waals surface area contributed by atoms with Gasteiger partial charge in [0.25, 0.3) is 0 Å². The number of amides is 1. The lowest BCUT2D eigenvalue weighted by molar-refractivity contribution is -0.123. The summed E-state index contributed by atoms with van der Waals surface area (Å²) < 4.78 is 24.3. The molecule has 0 saturated carbocycles. The fraction of sp³-hybridized carbons (Fsp3) is 0.909. The van der Waals surface area contributed by atoms with Crippen molar-refractivity contribution in [3.63, 3.8) is 0 Å². The van der Waals surface area contributed by atoms with Gasteiger partial charge in [-0.2, -0.15) is 0 Å². The first-order valence-electron chi connectivity index (χ1n) is 6.01. The Morgan fingerprint density at radius 3 is 2.29 bits per heavy atom. The lowest BCUT2D eigenvalue weighted by Crippen LogP contribution is -2.39. The summed E-state index contributed by atoms with van der Waals surface area (Å²) in [4.78, 5) is 11.3. The maximum absolute atomic E-state index is 11.5. The highest BCUT2D eigenvalue weighted by Crippen LogP contribution is 2.00. The molecule has 0 fully saturated rings. The van der Waals surface area contributed by atoms with E-state index in [4.69, 9.17) is 0 Å². The van der Waals surface area contributed by atoms with Gasteiger partial charge in [0.1, 0.15) is 0 Å². The molecule has 1 N–H and O–H groups in total. The van der Waals surface area contributed by atoms with Gasteiger partial charge in [-0.1, -0.05) is 27.2 Å². The summed E-state index contributed by atoms with van der Waals surface area (Å²) in [6.45, 7) is 6.86. The van der Waals surface area contributed by atoms with Crippen molar-refractivity contribution in [3.8, 4) is 0 Å². The number of carbonyl (C=O) groups excluding carboxylic acids is 1. The summed E-state index contributed by atoms with van der Waals surface area (Å²) in [5.41, 5.74) is 0. The Morgan fingerprint density at radius 2 is 1.88 bits per heavy atom. The van der Waals surface area contributed by atoms with E-state index in [2.05, 4.69) is 5.32 Å². The van der Waals surface area contributed by atoms with E-state index in [0.717, 1.165) is 12.8 Å². The van der Waals surface area contributed by atoms with E-state index in [0.29, 0.717) is 19.6 Å². The number of nitrogens with one attached hydrogen (secondary N) is 1. The van der Waals surface area contributed by atoms with Crippen molar-refractivity contribution in [2.24, 2.45) is 5.92 Å². The topological polar surface area (TPSA) is 66.5 Å². The van der Waals surface area contributed by atoms with Gasteiger partial charge in [-0.25, -0.2) is 12.7 Å². The molecule has 0 radical (unpaired) electrons. The second-order valence-corrected chi connectivity index (χ2v) is 6.44. The Morgan fingerprint density at radius 1 is 1.29 bits per heavy atom. The molecule has 0 aliphatic rings. The van der Waals surface area contributed by atoms with E-state index in [1.807, 2.05) is 6.92 Å². The summed E-state index contributed by atoms with van der Waals surface area (Å²) >= 11 is 0. The molecule has 102 valence electrons. The van der Waals surface area contributed by atoms with E-state index in [-0.39, 0.29) is 11.8 Å². The molecule has 17 heavy (non-hydrogen) atoms. The lowest BCUT2D eigenvalue weighted by atomic mass is 10.2. The molecule has 0 aliphatic heterocycles. The van der Waals surface area contributed by atoms with Gasteiger partial charge in [-0.05, 0) is 6.42 Å². The van der Waals surface area contributed by atoms with E-state index in [9.17, 15) is 13.2 Å². The summed E-state index contributed by atoms with van der Waals surface area (Å²) in [7, 11) is -3.17. The molecule has 0 unspecified atom stereocenters. The minimum Gasteiger partial charge on any atom is -0.355 e. The molecule has 0 atom stereocenters. The monoisotopic (exact) mass is 264 g/mol. The molecule has 1 amide bonds.